The van der Waals surface area contributed by atoms with Gasteiger partial charge in [0.05, 0.1) is 5.36 Å². The van der Waals surface area contributed by atoms with Gasteiger partial charge in [-0.3, -0.25) is 4.99 Å². The van der Waals surface area contributed by atoms with Crippen molar-refractivity contribution in [3.63, 3.8) is 0 Å². The lowest BCUT2D eigenvalue weighted by atomic mass is 10.2. The number of hydrogen-bond acceptors (Lipinski definition) is 3. The van der Waals surface area contributed by atoms with Crippen LogP contribution in [0.4, 0.5) is 0 Å². The highest BCUT2D eigenvalue weighted by atomic mass is 16.4. The summed E-state index contributed by atoms with van der Waals surface area (Å²) in [7, 11) is 0. The molecule has 4 nitrogen and oxygen atoms in total. The van der Waals surface area contributed by atoms with Gasteiger partial charge in [0.25, 0.3) is 0 Å². The lowest BCUT2D eigenvalue weighted by Gasteiger charge is -2.18. The number of benzene rings is 1. The molecular formula is C12H12N2O2. The largest absolute Gasteiger partial charge is 0.478 e. The highest BCUT2D eigenvalue weighted by molar-refractivity contribution is 5.79. The summed E-state index contributed by atoms with van der Waals surface area (Å²) >= 11 is 0. The Kier molecular flexibility index (Phi) is 3.00. The standard InChI is InChI=1S/C12H12N2O2/c15-12(16)6-3-7-14-8-10-4-1-2-5-11(10)13-9-14/h1-6,8H,7,9H2,(H,15,16). The number of carboxylic acids is 1. The van der Waals surface area contributed by atoms with E-state index in [0.29, 0.717) is 13.2 Å². The number of nitrogens with zero attached hydrogens (tertiary/aromatic N) is 2. The number of carboxylic acid groups (broad SMARTS) is 1. The summed E-state index contributed by atoms with van der Waals surface area (Å²) in [5.41, 5.74) is 0. The zero-order valence-electron chi connectivity index (χ0n) is 8.71. The highest BCUT2D eigenvalue weighted by Crippen LogP contribution is 1.93. The summed E-state index contributed by atoms with van der Waals surface area (Å²) in [4.78, 5) is 16.6. The maximum absolute atomic E-state index is 10.3. The minimum atomic E-state index is -0.922. The Labute approximate surface area is 92.8 Å². The van der Waals surface area contributed by atoms with Crippen molar-refractivity contribution in [2.75, 3.05) is 13.2 Å². The molecule has 1 aliphatic heterocycles. The first kappa shape index (κ1) is 10.4. The summed E-state index contributed by atoms with van der Waals surface area (Å²) in [5, 5.41) is 10.5. The van der Waals surface area contributed by atoms with E-state index < -0.39 is 5.97 Å². The molecule has 0 aliphatic carbocycles. The fraction of sp³-hybridized carbons (Fsp3) is 0.167. The Hall–Kier alpha value is -2.10. The SMILES string of the molecule is O=C(O)C=CCN1C=c2ccccc2=NC1. The molecule has 0 unspecified atom stereocenters. The van der Waals surface area contributed by atoms with E-state index in [0.717, 1.165) is 16.7 Å². The molecule has 0 aromatic heterocycles. The lowest BCUT2D eigenvalue weighted by molar-refractivity contribution is -0.131. The quantitative estimate of drug-likeness (QED) is 0.721. The van der Waals surface area contributed by atoms with E-state index in [1.165, 1.54) is 0 Å². The first-order valence-electron chi connectivity index (χ1n) is 5.00. The van der Waals surface area contributed by atoms with Crippen LogP contribution in [0.1, 0.15) is 0 Å². The van der Waals surface area contributed by atoms with Crippen molar-refractivity contribution in [2.45, 2.75) is 0 Å². The maximum Gasteiger partial charge on any atom is 0.328 e. The van der Waals surface area contributed by atoms with Gasteiger partial charge in [0, 0.05) is 24.0 Å². The first-order valence-corrected chi connectivity index (χ1v) is 5.00. The third-order valence-electron chi connectivity index (χ3n) is 2.28. The van der Waals surface area contributed by atoms with Crippen LogP contribution in [0.3, 0.4) is 0 Å². The number of carbonyl (C=O) groups is 1. The molecule has 0 saturated carbocycles. The molecule has 0 amide bonds. The molecule has 1 heterocycles. The molecule has 1 aliphatic rings. The number of rotatable bonds is 3. The monoisotopic (exact) mass is 216 g/mol. The van der Waals surface area contributed by atoms with Gasteiger partial charge in [-0.2, -0.15) is 0 Å². The fourth-order valence-electron chi connectivity index (χ4n) is 1.54. The molecule has 4 heteroatoms. The van der Waals surface area contributed by atoms with E-state index in [-0.39, 0.29) is 0 Å². The van der Waals surface area contributed by atoms with Gasteiger partial charge in [-0.1, -0.05) is 24.3 Å². The van der Waals surface area contributed by atoms with E-state index in [4.69, 9.17) is 5.11 Å². The van der Waals surface area contributed by atoms with Crippen LogP contribution in [0.25, 0.3) is 6.20 Å². The lowest BCUT2D eigenvalue weighted by Crippen LogP contribution is -2.35. The van der Waals surface area contributed by atoms with Crippen molar-refractivity contribution >= 4 is 12.2 Å². The molecule has 0 saturated heterocycles. The average molecular weight is 216 g/mol. The molecule has 0 fully saturated rings. The van der Waals surface area contributed by atoms with Crippen molar-refractivity contribution in [3.8, 4) is 0 Å². The predicted molar refractivity (Wildman–Crippen MR) is 60.0 cm³/mol. The second-order valence-corrected chi connectivity index (χ2v) is 3.50. The smallest absolute Gasteiger partial charge is 0.328 e. The van der Waals surface area contributed by atoms with Gasteiger partial charge in [0.2, 0.25) is 0 Å². The van der Waals surface area contributed by atoms with Crippen LogP contribution in [-0.4, -0.2) is 29.2 Å². The van der Waals surface area contributed by atoms with Crippen LogP contribution in [-0.2, 0) is 4.79 Å². The third kappa shape index (κ3) is 2.48. The van der Waals surface area contributed by atoms with Crippen molar-refractivity contribution in [1.29, 1.82) is 0 Å². The molecule has 1 N–H and O–H groups in total. The van der Waals surface area contributed by atoms with Crippen LogP contribution in [0, 0.1) is 0 Å². The van der Waals surface area contributed by atoms with Crippen molar-refractivity contribution in [1.82, 2.24) is 4.90 Å². The van der Waals surface area contributed by atoms with E-state index >= 15 is 0 Å². The predicted octanol–water partition coefficient (Wildman–Crippen LogP) is -0.0419. The molecule has 0 bridgehead atoms. The van der Waals surface area contributed by atoms with E-state index in [2.05, 4.69) is 4.99 Å². The fourth-order valence-corrected chi connectivity index (χ4v) is 1.54. The summed E-state index contributed by atoms with van der Waals surface area (Å²) in [6.45, 7) is 1.13. The van der Waals surface area contributed by atoms with E-state index in [1.807, 2.05) is 35.4 Å². The normalized spacial score (nSPS) is 14.1. The number of para-hydroxylation sites is 1. The van der Waals surface area contributed by atoms with Crippen molar-refractivity contribution < 1.29 is 9.90 Å². The van der Waals surface area contributed by atoms with Crippen molar-refractivity contribution in [2.24, 2.45) is 4.99 Å². The van der Waals surface area contributed by atoms with Crippen LogP contribution in [0.15, 0.2) is 41.4 Å². The Balaban J connectivity index is 2.13. The van der Waals surface area contributed by atoms with Gasteiger partial charge >= 0.3 is 5.97 Å². The van der Waals surface area contributed by atoms with E-state index in [9.17, 15) is 4.79 Å². The molecule has 1 aromatic rings. The molecule has 16 heavy (non-hydrogen) atoms. The zero-order chi connectivity index (χ0) is 11.4. The van der Waals surface area contributed by atoms with Gasteiger partial charge in [0.1, 0.15) is 6.67 Å². The topological polar surface area (TPSA) is 52.9 Å². The van der Waals surface area contributed by atoms with Gasteiger partial charge in [-0.25, -0.2) is 4.79 Å². The van der Waals surface area contributed by atoms with Gasteiger partial charge in [-0.15, -0.1) is 0 Å². The first-order chi connectivity index (χ1) is 7.75. The second-order valence-electron chi connectivity index (χ2n) is 3.50. The van der Waals surface area contributed by atoms with Crippen LogP contribution < -0.4 is 10.6 Å². The molecule has 0 spiro atoms. The zero-order valence-corrected chi connectivity index (χ0v) is 8.71. The van der Waals surface area contributed by atoms with Gasteiger partial charge in [-0.05, 0) is 6.07 Å². The molecule has 1 aromatic carbocycles. The van der Waals surface area contributed by atoms with E-state index in [1.54, 1.807) is 6.08 Å². The second kappa shape index (κ2) is 4.61. The average Bonchev–Trinajstić information content (AvgIpc) is 2.28. The summed E-state index contributed by atoms with van der Waals surface area (Å²) in [5.74, 6) is -0.922. The summed E-state index contributed by atoms with van der Waals surface area (Å²) < 4.78 is 0. The highest BCUT2D eigenvalue weighted by Gasteiger charge is 2.00. The minimum absolute atomic E-state index is 0.560. The Morgan fingerprint density at radius 2 is 2.31 bits per heavy atom. The number of aliphatic carboxylic acids is 1. The maximum atomic E-state index is 10.3. The molecule has 82 valence electrons. The number of fused-ring (bicyclic) bond motifs is 1. The van der Waals surface area contributed by atoms with Gasteiger partial charge < -0.3 is 10.0 Å². The van der Waals surface area contributed by atoms with Crippen LogP contribution in [0.5, 0.6) is 0 Å². The Morgan fingerprint density at radius 3 is 3.12 bits per heavy atom. The van der Waals surface area contributed by atoms with Crippen LogP contribution in [0.2, 0.25) is 0 Å². The number of hydrogen-bond donors (Lipinski definition) is 1. The van der Waals surface area contributed by atoms with Crippen LogP contribution >= 0.6 is 0 Å². The molecule has 0 radical (unpaired) electrons. The summed E-state index contributed by atoms with van der Waals surface area (Å²) in [6.07, 6.45) is 4.76. The Morgan fingerprint density at radius 1 is 1.50 bits per heavy atom. The van der Waals surface area contributed by atoms with Gasteiger partial charge in [0.15, 0.2) is 0 Å². The molecular weight excluding hydrogens is 204 g/mol. The minimum Gasteiger partial charge on any atom is -0.478 e. The Bertz CT molecular complexity index is 534. The third-order valence-corrected chi connectivity index (χ3v) is 2.28. The molecule has 0 atom stereocenters. The van der Waals surface area contributed by atoms with Crippen molar-refractivity contribution in [3.05, 3.63) is 47.0 Å². The summed E-state index contributed by atoms with van der Waals surface area (Å²) in [6, 6.07) is 7.87. The molecule has 2 rings (SSSR count).